The minimum Gasteiger partial charge on any atom is -0.486 e. The Morgan fingerprint density at radius 3 is 2.45 bits per heavy atom. The highest BCUT2D eigenvalue weighted by Gasteiger charge is 2.26. The number of fused-ring (bicyclic) bond motifs is 1. The Labute approximate surface area is 192 Å². The van der Waals surface area contributed by atoms with Gasteiger partial charge in [-0.2, -0.15) is 0 Å². The van der Waals surface area contributed by atoms with Crippen LogP contribution in [0.15, 0.2) is 36.4 Å². The van der Waals surface area contributed by atoms with Crippen LogP contribution < -0.4 is 14.8 Å². The topological polar surface area (TPSA) is 67.9 Å². The number of amides is 2. The lowest BCUT2D eigenvalue weighted by Gasteiger charge is -2.26. The Kier molecular flexibility index (Phi) is 7.68. The van der Waals surface area contributed by atoms with Gasteiger partial charge in [0.2, 0.25) is 5.91 Å². The number of carbonyl (C=O) groups excluding carboxylic acids is 2. The third-order valence-corrected chi connectivity index (χ3v) is 5.44. The van der Waals surface area contributed by atoms with Gasteiger partial charge < -0.3 is 19.7 Å². The molecule has 8 heteroatoms. The van der Waals surface area contributed by atoms with Crippen molar-refractivity contribution in [2.24, 2.45) is 5.92 Å². The fourth-order valence-electron chi connectivity index (χ4n) is 3.41. The van der Waals surface area contributed by atoms with Gasteiger partial charge in [0.1, 0.15) is 19.3 Å². The van der Waals surface area contributed by atoms with E-state index in [2.05, 4.69) is 5.32 Å². The maximum Gasteiger partial charge on any atom is 0.253 e. The van der Waals surface area contributed by atoms with Crippen molar-refractivity contribution in [1.82, 2.24) is 10.2 Å². The molecule has 0 aromatic heterocycles. The maximum absolute atomic E-state index is 13.2. The third kappa shape index (κ3) is 6.05. The summed E-state index contributed by atoms with van der Waals surface area (Å²) >= 11 is 12.1. The van der Waals surface area contributed by atoms with Gasteiger partial charge in [0.15, 0.2) is 11.5 Å². The van der Waals surface area contributed by atoms with E-state index >= 15 is 0 Å². The lowest BCUT2D eigenvalue weighted by molar-refractivity contribution is -0.132. The zero-order valence-corrected chi connectivity index (χ0v) is 19.3. The van der Waals surface area contributed by atoms with Gasteiger partial charge in [0.25, 0.3) is 5.91 Å². The molecule has 1 N–H and O–H groups in total. The van der Waals surface area contributed by atoms with Gasteiger partial charge in [-0.1, -0.05) is 43.1 Å². The number of hydrogen-bond donors (Lipinski definition) is 1. The summed E-state index contributed by atoms with van der Waals surface area (Å²) in [4.78, 5) is 27.6. The number of rotatable bonds is 7. The SMILES string of the molecule is CC(C)CC(NC(=O)c1ccc(Cl)cc1Cl)C(=O)N(C)Cc1ccc2c(c1)OCCO2. The lowest BCUT2D eigenvalue weighted by Crippen LogP contribution is -2.47. The van der Waals surface area contributed by atoms with Gasteiger partial charge in [-0.15, -0.1) is 0 Å². The molecule has 0 saturated carbocycles. The summed E-state index contributed by atoms with van der Waals surface area (Å²) in [5.74, 6) is 0.996. The average Bonchev–Trinajstić information content (AvgIpc) is 2.72. The van der Waals surface area contributed by atoms with Crippen molar-refractivity contribution in [2.45, 2.75) is 32.9 Å². The summed E-state index contributed by atoms with van der Waals surface area (Å²) in [6, 6.07) is 9.60. The Bertz CT molecular complexity index is 965. The molecule has 1 aliphatic heterocycles. The van der Waals surface area contributed by atoms with E-state index in [0.717, 1.165) is 5.56 Å². The van der Waals surface area contributed by atoms with Crippen LogP contribution in [0.1, 0.15) is 36.2 Å². The second kappa shape index (κ2) is 10.2. The van der Waals surface area contributed by atoms with E-state index in [-0.39, 0.29) is 22.4 Å². The molecule has 31 heavy (non-hydrogen) atoms. The van der Waals surface area contributed by atoms with Crippen LogP contribution in [0.25, 0.3) is 0 Å². The quantitative estimate of drug-likeness (QED) is 0.651. The van der Waals surface area contributed by atoms with Gasteiger partial charge in [0.05, 0.1) is 10.6 Å². The van der Waals surface area contributed by atoms with E-state index in [1.807, 2.05) is 32.0 Å². The average molecular weight is 465 g/mol. The van der Waals surface area contributed by atoms with Crippen molar-refractivity contribution in [3.05, 3.63) is 57.6 Å². The molecule has 0 spiro atoms. The first kappa shape index (κ1) is 23.2. The van der Waals surface area contributed by atoms with E-state index < -0.39 is 11.9 Å². The molecule has 0 bridgehead atoms. The van der Waals surface area contributed by atoms with E-state index in [1.54, 1.807) is 24.1 Å². The minimum atomic E-state index is -0.679. The summed E-state index contributed by atoms with van der Waals surface area (Å²) in [6.07, 6.45) is 0.501. The molecule has 3 rings (SSSR count). The summed E-state index contributed by atoms with van der Waals surface area (Å²) in [6.45, 7) is 5.41. The van der Waals surface area contributed by atoms with Crippen molar-refractivity contribution >= 4 is 35.0 Å². The standard InChI is InChI=1S/C23H26Cl2N2O4/c1-14(2)10-19(26-22(28)17-6-5-16(24)12-18(17)25)23(29)27(3)13-15-4-7-20-21(11-15)31-9-8-30-20/h4-7,11-12,14,19H,8-10,13H2,1-3H3,(H,26,28). The molecular formula is C23H26Cl2N2O4. The van der Waals surface area contributed by atoms with Crippen molar-refractivity contribution in [2.75, 3.05) is 20.3 Å². The van der Waals surface area contributed by atoms with Crippen LogP contribution >= 0.6 is 23.2 Å². The van der Waals surface area contributed by atoms with Crippen molar-refractivity contribution < 1.29 is 19.1 Å². The van der Waals surface area contributed by atoms with Gasteiger partial charge in [-0.05, 0) is 48.2 Å². The third-order valence-electron chi connectivity index (χ3n) is 4.89. The monoisotopic (exact) mass is 464 g/mol. The predicted molar refractivity (Wildman–Crippen MR) is 121 cm³/mol. The molecule has 1 unspecified atom stereocenters. The fourth-order valence-corrected chi connectivity index (χ4v) is 3.90. The molecule has 2 aromatic carbocycles. The van der Waals surface area contributed by atoms with Crippen molar-refractivity contribution in [1.29, 1.82) is 0 Å². The van der Waals surface area contributed by atoms with Crippen LogP contribution in [0.4, 0.5) is 0 Å². The largest absolute Gasteiger partial charge is 0.486 e. The highest BCUT2D eigenvalue weighted by Crippen LogP contribution is 2.31. The Hall–Kier alpha value is -2.44. The molecule has 0 fully saturated rings. The summed E-state index contributed by atoms with van der Waals surface area (Å²) < 4.78 is 11.2. The fraction of sp³-hybridized carbons (Fsp3) is 0.391. The number of benzene rings is 2. The van der Waals surface area contributed by atoms with E-state index in [4.69, 9.17) is 32.7 Å². The molecule has 0 aliphatic carbocycles. The second-order valence-electron chi connectivity index (χ2n) is 7.95. The molecular weight excluding hydrogens is 439 g/mol. The number of nitrogens with one attached hydrogen (secondary N) is 1. The highest BCUT2D eigenvalue weighted by atomic mass is 35.5. The minimum absolute atomic E-state index is 0.179. The van der Waals surface area contributed by atoms with Crippen LogP contribution in [0, 0.1) is 5.92 Å². The van der Waals surface area contributed by atoms with Gasteiger partial charge in [-0.25, -0.2) is 0 Å². The van der Waals surface area contributed by atoms with Crippen molar-refractivity contribution in [3.63, 3.8) is 0 Å². The number of hydrogen-bond acceptors (Lipinski definition) is 4. The van der Waals surface area contributed by atoms with Gasteiger partial charge >= 0.3 is 0 Å². The summed E-state index contributed by atoms with van der Waals surface area (Å²) in [5.41, 5.74) is 1.19. The smallest absolute Gasteiger partial charge is 0.253 e. The Balaban J connectivity index is 1.71. The van der Waals surface area contributed by atoms with Crippen molar-refractivity contribution in [3.8, 4) is 11.5 Å². The Morgan fingerprint density at radius 1 is 1.06 bits per heavy atom. The van der Waals surface area contributed by atoms with E-state index in [9.17, 15) is 9.59 Å². The summed E-state index contributed by atoms with van der Waals surface area (Å²) in [7, 11) is 1.72. The number of halogens is 2. The highest BCUT2D eigenvalue weighted by molar-refractivity contribution is 6.36. The van der Waals surface area contributed by atoms with Crippen LogP contribution in [-0.4, -0.2) is 43.0 Å². The van der Waals surface area contributed by atoms with E-state index in [0.29, 0.717) is 42.7 Å². The maximum atomic E-state index is 13.2. The first-order valence-corrected chi connectivity index (χ1v) is 10.9. The van der Waals surface area contributed by atoms with Crippen LogP contribution in [0.2, 0.25) is 10.0 Å². The number of ether oxygens (including phenoxy) is 2. The summed E-state index contributed by atoms with van der Waals surface area (Å²) in [5, 5.41) is 3.52. The molecule has 0 saturated heterocycles. The number of nitrogens with zero attached hydrogens (tertiary/aromatic N) is 1. The normalized spacial score (nSPS) is 13.6. The lowest BCUT2D eigenvalue weighted by atomic mass is 10.0. The number of likely N-dealkylation sites (N-methyl/N-ethyl adjacent to an activating group) is 1. The first-order valence-electron chi connectivity index (χ1n) is 10.1. The van der Waals surface area contributed by atoms with Crippen LogP contribution in [-0.2, 0) is 11.3 Å². The van der Waals surface area contributed by atoms with Crippen LogP contribution in [0.5, 0.6) is 11.5 Å². The number of carbonyl (C=O) groups is 2. The van der Waals surface area contributed by atoms with Gasteiger partial charge in [0, 0.05) is 18.6 Å². The second-order valence-corrected chi connectivity index (χ2v) is 8.80. The zero-order chi connectivity index (χ0) is 22.5. The molecule has 1 heterocycles. The molecule has 2 amide bonds. The molecule has 1 aliphatic rings. The van der Waals surface area contributed by atoms with Crippen LogP contribution in [0.3, 0.4) is 0 Å². The molecule has 166 valence electrons. The molecule has 2 aromatic rings. The van der Waals surface area contributed by atoms with E-state index in [1.165, 1.54) is 6.07 Å². The molecule has 6 nitrogen and oxygen atoms in total. The Morgan fingerprint density at radius 2 is 1.77 bits per heavy atom. The zero-order valence-electron chi connectivity index (χ0n) is 17.8. The molecule has 0 radical (unpaired) electrons. The predicted octanol–water partition coefficient (Wildman–Crippen LogP) is 4.57. The first-order chi connectivity index (χ1) is 14.7. The molecule has 1 atom stereocenters. The van der Waals surface area contributed by atoms with Gasteiger partial charge in [-0.3, -0.25) is 9.59 Å².